The summed E-state index contributed by atoms with van der Waals surface area (Å²) in [5.41, 5.74) is 6.54. The number of hydrogen-bond acceptors (Lipinski definition) is 3. The third-order valence-corrected chi connectivity index (χ3v) is 2.91. The Hall–Kier alpha value is -1.20. The van der Waals surface area contributed by atoms with Gasteiger partial charge in [-0.05, 0) is 5.56 Å². The first-order valence-corrected chi connectivity index (χ1v) is 6.72. The minimum absolute atomic E-state index is 0.239. The summed E-state index contributed by atoms with van der Waals surface area (Å²) in [6, 6.07) is 8.50. The minimum atomic E-state index is -0.895. The highest BCUT2D eigenvalue weighted by Crippen LogP contribution is 2.08. The van der Waals surface area contributed by atoms with Gasteiger partial charge in [0.15, 0.2) is 0 Å². The lowest BCUT2D eigenvalue weighted by Gasteiger charge is -2.11. The number of nitrogens with one attached hydrogen (secondary N) is 1. The van der Waals surface area contributed by atoms with Gasteiger partial charge in [0.1, 0.15) is 6.04 Å². The minimum Gasteiger partial charge on any atom is -0.354 e. The molecule has 88 valence electrons. The molecule has 0 radical (unpaired) electrons. The Bertz CT molecular complexity index is 368. The maximum absolute atomic E-state index is 11.6. The summed E-state index contributed by atoms with van der Waals surface area (Å²) >= 11 is 0. The zero-order valence-corrected chi connectivity index (χ0v) is 10.00. The molecule has 1 rings (SSSR count). The van der Waals surface area contributed by atoms with Crippen molar-refractivity contribution in [3.63, 3.8) is 0 Å². The highest BCUT2D eigenvalue weighted by atomic mass is 32.2. The molecule has 4 nitrogen and oxygen atoms in total. The van der Waals surface area contributed by atoms with Crippen molar-refractivity contribution in [2.45, 2.75) is 6.04 Å². The largest absolute Gasteiger partial charge is 0.354 e. The lowest BCUT2D eigenvalue weighted by Crippen LogP contribution is -2.36. The van der Waals surface area contributed by atoms with Gasteiger partial charge >= 0.3 is 0 Å². The number of amides is 1. The zero-order chi connectivity index (χ0) is 12.0. The molecule has 1 aromatic rings. The number of carbonyl (C=O) groups is 1. The molecule has 0 bridgehead atoms. The predicted molar refractivity (Wildman–Crippen MR) is 65.3 cm³/mol. The van der Waals surface area contributed by atoms with Crippen molar-refractivity contribution < 1.29 is 9.00 Å². The smallest absolute Gasteiger partial charge is 0.241 e. The van der Waals surface area contributed by atoms with Gasteiger partial charge < -0.3 is 11.1 Å². The van der Waals surface area contributed by atoms with Crippen LogP contribution in [0.3, 0.4) is 0 Å². The summed E-state index contributed by atoms with van der Waals surface area (Å²) in [5.74, 6) is 0.212. The fourth-order valence-corrected chi connectivity index (χ4v) is 1.63. The van der Waals surface area contributed by atoms with Crippen molar-refractivity contribution in [3.05, 3.63) is 35.9 Å². The number of carbonyl (C=O) groups excluding carboxylic acids is 1. The Morgan fingerprint density at radius 1 is 1.44 bits per heavy atom. The van der Waals surface area contributed by atoms with Crippen LogP contribution in [-0.4, -0.2) is 28.7 Å². The van der Waals surface area contributed by atoms with E-state index >= 15 is 0 Å². The summed E-state index contributed by atoms with van der Waals surface area (Å²) in [7, 11) is -0.895. The molecule has 0 aliphatic rings. The van der Waals surface area contributed by atoms with Gasteiger partial charge in [0.25, 0.3) is 0 Å². The molecule has 3 N–H and O–H groups in total. The monoisotopic (exact) mass is 240 g/mol. The third-order valence-electron chi connectivity index (χ3n) is 2.13. The van der Waals surface area contributed by atoms with Crippen LogP contribution in [0.4, 0.5) is 0 Å². The van der Waals surface area contributed by atoms with E-state index in [1.54, 1.807) is 6.26 Å². The van der Waals surface area contributed by atoms with Crippen LogP contribution in [0.2, 0.25) is 0 Å². The molecular formula is C11H16N2O2S. The molecule has 0 aliphatic heterocycles. The van der Waals surface area contributed by atoms with E-state index in [-0.39, 0.29) is 5.91 Å². The molecule has 16 heavy (non-hydrogen) atoms. The Labute approximate surface area is 97.7 Å². The Balaban J connectivity index is 2.45. The fourth-order valence-electron chi connectivity index (χ4n) is 1.24. The number of hydrogen-bond donors (Lipinski definition) is 2. The highest BCUT2D eigenvalue weighted by molar-refractivity contribution is 7.84. The van der Waals surface area contributed by atoms with Crippen molar-refractivity contribution in [1.82, 2.24) is 5.32 Å². The van der Waals surface area contributed by atoms with Crippen LogP contribution in [0.15, 0.2) is 30.3 Å². The maximum atomic E-state index is 11.6. The molecule has 2 atom stereocenters. The summed E-state index contributed by atoms with van der Waals surface area (Å²) < 4.78 is 10.8. The Morgan fingerprint density at radius 2 is 2.06 bits per heavy atom. The van der Waals surface area contributed by atoms with Crippen molar-refractivity contribution in [1.29, 1.82) is 0 Å². The van der Waals surface area contributed by atoms with E-state index in [2.05, 4.69) is 5.32 Å². The van der Waals surface area contributed by atoms with Crippen LogP contribution in [0.25, 0.3) is 0 Å². The SMILES string of the molecule is CS(=O)CCNC(=O)[C@@H](N)c1ccccc1. The molecule has 0 aliphatic carbocycles. The first-order valence-electron chi connectivity index (χ1n) is 4.99. The standard InChI is InChI=1S/C11H16N2O2S/c1-16(15)8-7-13-11(14)10(12)9-5-3-2-4-6-9/h2-6,10H,7-8,12H2,1H3,(H,13,14)/t10-,16?/m0/s1. The number of benzene rings is 1. The van der Waals surface area contributed by atoms with E-state index < -0.39 is 16.8 Å². The normalized spacial score (nSPS) is 14.1. The second-order valence-corrected chi connectivity index (χ2v) is 5.01. The van der Waals surface area contributed by atoms with Crippen molar-refractivity contribution in [2.24, 2.45) is 5.73 Å². The molecule has 0 spiro atoms. The van der Waals surface area contributed by atoms with Crippen LogP contribution in [0.1, 0.15) is 11.6 Å². The van der Waals surface area contributed by atoms with Gasteiger partial charge in [0, 0.05) is 29.4 Å². The molecule has 1 unspecified atom stereocenters. The fraction of sp³-hybridized carbons (Fsp3) is 0.364. The second kappa shape index (κ2) is 6.40. The van der Waals surface area contributed by atoms with E-state index in [0.717, 1.165) is 5.56 Å². The summed E-state index contributed by atoms with van der Waals surface area (Å²) in [5, 5.41) is 2.66. The molecular weight excluding hydrogens is 224 g/mol. The second-order valence-electron chi connectivity index (χ2n) is 3.46. The maximum Gasteiger partial charge on any atom is 0.241 e. The van der Waals surface area contributed by atoms with Crippen LogP contribution in [0, 0.1) is 0 Å². The molecule has 0 heterocycles. The number of rotatable bonds is 5. The van der Waals surface area contributed by atoms with Crippen LogP contribution in [0.5, 0.6) is 0 Å². The molecule has 1 amide bonds. The van der Waals surface area contributed by atoms with E-state index in [4.69, 9.17) is 5.73 Å². The zero-order valence-electron chi connectivity index (χ0n) is 9.18. The van der Waals surface area contributed by atoms with E-state index in [9.17, 15) is 9.00 Å². The highest BCUT2D eigenvalue weighted by Gasteiger charge is 2.14. The van der Waals surface area contributed by atoms with Crippen LogP contribution < -0.4 is 11.1 Å². The topological polar surface area (TPSA) is 72.2 Å². The molecule has 5 heteroatoms. The van der Waals surface area contributed by atoms with Crippen molar-refractivity contribution in [3.8, 4) is 0 Å². The molecule has 0 fully saturated rings. The molecule has 1 aromatic carbocycles. The van der Waals surface area contributed by atoms with Gasteiger partial charge in [-0.25, -0.2) is 0 Å². The first kappa shape index (κ1) is 12.9. The molecule has 0 aromatic heterocycles. The average molecular weight is 240 g/mol. The van der Waals surface area contributed by atoms with Gasteiger partial charge in [0.05, 0.1) is 0 Å². The average Bonchev–Trinajstić information content (AvgIpc) is 2.28. The first-order chi connectivity index (χ1) is 7.61. The Morgan fingerprint density at radius 3 is 2.62 bits per heavy atom. The van der Waals surface area contributed by atoms with Gasteiger partial charge in [-0.1, -0.05) is 30.3 Å². The lowest BCUT2D eigenvalue weighted by atomic mass is 10.1. The van der Waals surface area contributed by atoms with Gasteiger partial charge in [0.2, 0.25) is 5.91 Å². The van der Waals surface area contributed by atoms with Gasteiger partial charge in [-0.15, -0.1) is 0 Å². The lowest BCUT2D eigenvalue weighted by molar-refractivity contribution is -0.122. The number of nitrogens with two attached hydrogens (primary N) is 1. The van der Waals surface area contributed by atoms with Crippen LogP contribution in [-0.2, 0) is 15.6 Å². The Kier molecular flexibility index (Phi) is 5.14. The van der Waals surface area contributed by atoms with E-state index in [0.29, 0.717) is 12.3 Å². The molecule has 0 saturated carbocycles. The summed E-state index contributed by atoms with van der Waals surface area (Å²) in [6.07, 6.45) is 1.60. The quantitative estimate of drug-likeness (QED) is 0.771. The summed E-state index contributed by atoms with van der Waals surface area (Å²) in [6.45, 7) is 0.391. The van der Waals surface area contributed by atoms with E-state index in [1.165, 1.54) is 0 Å². The van der Waals surface area contributed by atoms with Crippen LogP contribution >= 0.6 is 0 Å². The van der Waals surface area contributed by atoms with Crippen molar-refractivity contribution in [2.75, 3.05) is 18.6 Å². The predicted octanol–water partition coefficient (Wildman–Crippen LogP) is 0.181. The van der Waals surface area contributed by atoms with Crippen molar-refractivity contribution >= 4 is 16.7 Å². The molecule has 0 saturated heterocycles. The van der Waals surface area contributed by atoms with E-state index in [1.807, 2.05) is 30.3 Å². The van der Waals surface area contributed by atoms with Gasteiger partial charge in [-0.3, -0.25) is 9.00 Å². The third kappa shape index (κ3) is 4.12. The summed E-state index contributed by atoms with van der Waals surface area (Å²) in [4.78, 5) is 11.6. The van der Waals surface area contributed by atoms with Gasteiger partial charge in [-0.2, -0.15) is 0 Å².